The standard InChI is InChI=1S/C16H19N3O/c1-19(17)16(20)15-9-5-8-14(10-15)12-18-11-13-6-3-2-4-7-13/h2-10,18H,11-12,17H2,1H3. The van der Waals surface area contributed by atoms with Crippen molar-refractivity contribution in [1.82, 2.24) is 10.3 Å². The van der Waals surface area contributed by atoms with E-state index in [-0.39, 0.29) is 5.91 Å². The van der Waals surface area contributed by atoms with Gasteiger partial charge in [0.05, 0.1) is 0 Å². The molecular weight excluding hydrogens is 250 g/mol. The highest BCUT2D eigenvalue weighted by Gasteiger charge is 2.08. The predicted molar refractivity (Wildman–Crippen MR) is 79.7 cm³/mol. The van der Waals surface area contributed by atoms with E-state index in [0.29, 0.717) is 12.1 Å². The van der Waals surface area contributed by atoms with Gasteiger partial charge < -0.3 is 5.32 Å². The molecule has 104 valence electrons. The van der Waals surface area contributed by atoms with E-state index in [1.54, 1.807) is 13.1 Å². The van der Waals surface area contributed by atoms with Gasteiger partial charge in [-0.1, -0.05) is 42.5 Å². The zero-order valence-electron chi connectivity index (χ0n) is 11.5. The fraction of sp³-hybridized carbons (Fsp3) is 0.188. The number of rotatable bonds is 5. The van der Waals surface area contributed by atoms with Crippen LogP contribution in [0.25, 0.3) is 0 Å². The number of benzene rings is 2. The minimum absolute atomic E-state index is 0.185. The van der Waals surface area contributed by atoms with Crippen LogP contribution in [-0.2, 0) is 13.1 Å². The molecule has 0 aromatic heterocycles. The Morgan fingerprint density at radius 3 is 2.40 bits per heavy atom. The predicted octanol–water partition coefficient (Wildman–Crippen LogP) is 1.92. The lowest BCUT2D eigenvalue weighted by atomic mass is 10.1. The quantitative estimate of drug-likeness (QED) is 0.495. The maximum Gasteiger partial charge on any atom is 0.267 e. The molecule has 0 heterocycles. The molecule has 4 nitrogen and oxygen atoms in total. The molecule has 0 spiro atoms. The van der Waals surface area contributed by atoms with E-state index in [4.69, 9.17) is 5.84 Å². The van der Waals surface area contributed by atoms with Gasteiger partial charge in [-0.05, 0) is 23.3 Å². The van der Waals surface area contributed by atoms with Crippen molar-refractivity contribution in [3.63, 3.8) is 0 Å². The van der Waals surface area contributed by atoms with E-state index in [1.165, 1.54) is 5.56 Å². The van der Waals surface area contributed by atoms with Crippen LogP contribution in [0, 0.1) is 0 Å². The van der Waals surface area contributed by atoms with Crippen molar-refractivity contribution in [2.45, 2.75) is 13.1 Å². The second-order valence-corrected chi connectivity index (χ2v) is 4.71. The Balaban J connectivity index is 1.93. The number of hydrogen-bond donors (Lipinski definition) is 2. The number of carbonyl (C=O) groups is 1. The second-order valence-electron chi connectivity index (χ2n) is 4.71. The third-order valence-corrected chi connectivity index (χ3v) is 3.00. The van der Waals surface area contributed by atoms with Crippen molar-refractivity contribution in [3.05, 3.63) is 71.3 Å². The van der Waals surface area contributed by atoms with E-state index in [2.05, 4.69) is 17.4 Å². The Bertz CT molecular complexity index is 567. The summed E-state index contributed by atoms with van der Waals surface area (Å²) in [4.78, 5) is 11.8. The van der Waals surface area contributed by atoms with Gasteiger partial charge in [-0.15, -0.1) is 0 Å². The minimum atomic E-state index is -0.185. The molecule has 0 fully saturated rings. The molecule has 0 saturated carbocycles. The van der Waals surface area contributed by atoms with Gasteiger partial charge in [0.25, 0.3) is 5.91 Å². The van der Waals surface area contributed by atoms with Crippen LogP contribution < -0.4 is 11.2 Å². The molecule has 20 heavy (non-hydrogen) atoms. The number of carbonyl (C=O) groups excluding carboxylic acids is 1. The first-order valence-corrected chi connectivity index (χ1v) is 6.53. The lowest BCUT2D eigenvalue weighted by Crippen LogP contribution is -2.33. The first-order valence-electron chi connectivity index (χ1n) is 6.53. The third kappa shape index (κ3) is 3.91. The van der Waals surface area contributed by atoms with Gasteiger partial charge in [0.2, 0.25) is 0 Å². The molecule has 0 aliphatic carbocycles. The molecule has 2 aromatic rings. The average molecular weight is 269 g/mol. The number of hydrazine groups is 1. The second kappa shape index (κ2) is 6.84. The number of nitrogens with one attached hydrogen (secondary N) is 1. The highest BCUT2D eigenvalue weighted by atomic mass is 16.2. The lowest BCUT2D eigenvalue weighted by Gasteiger charge is -2.11. The zero-order chi connectivity index (χ0) is 14.4. The summed E-state index contributed by atoms with van der Waals surface area (Å²) in [6, 6.07) is 17.7. The van der Waals surface area contributed by atoms with E-state index in [9.17, 15) is 4.79 Å². The number of hydrogen-bond acceptors (Lipinski definition) is 3. The summed E-state index contributed by atoms with van der Waals surface area (Å²) in [6.07, 6.45) is 0. The average Bonchev–Trinajstić information content (AvgIpc) is 2.48. The summed E-state index contributed by atoms with van der Waals surface area (Å²) in [7, 11) is 1.54. The SMILES string of the molecule is CN(N)C(=O)c1cccc(CNCc2ccccc2)c1. The highest BCUT2D eigenvalue weighted by Crippen LogP contribution is 2.07. The van der Waals surface area contributed by atoms with Crippen molar-refractivity contribution < 1.29 is 4.79 Å². The number of nitrogens with two attached hydrogens (primary N) is 1. The first kappa shape index (κ1) is 14.2. The summed E-state index contributed by atoms with van der Waals surface area (Å²) in [6.45, 7) is 1.51. The fourth-order valence-corrected chi connectivity index (χ4v) is 1.96. The van der Waals surface area contributed by atoms with Crippen molar-refractivity contribution in [2.24, 2.45) is 5.84 Å². The summed E-state index contributed by atoms with van der Waals surface area (Å²) >= 11 is 0. The monoisotopic (exact) mass is 269 g/mol. The van der Waals surface area contributed by atoms with E-state index in [1.807, 2.05) is 36.4 Å². The molecule has 0 saturated heterocycles. The molecule has 0 atom stereocenters. The van der Waals surface area contributed by atoms with E-state index in [0.717, 1.165) is 17.1 Å². The fourth-order valence-electron chi connectivity index (χ4n) is 1.96. The molecule has 2 rings (SSSR count). The maximum absolute atomic E-state index is 11.8. The van der Waals surface area contributed by atoms with E-state index >= 15 is 0 Å². The Hall–Kier alpha value is -2.17. The Kier molecular flexibility index (Phi) is 4.87. The summed E-state index contributed by atoms with van der Waals surface area (Å²) in [5, 5.41) is 4.45. The molecule has 3 N–H and O–H groups in total. The van der Waals surface area contributed by atoms with Crippen LogP contribution in [-0.4, -0.2) is 18.0 Å². The van der Waals surface area contributed by atoms with E-state index < -0.39 is 0 Å². The van der Waals surface area contributed by atoms with Crippen LogP contribution in [0.3, 0.4) is 0 Å². The molecule has 0 bridgehead atoms. The van der Waals surface area contributed by atoms with Gasteiger partial charge >= 0.3 is 0 Å². The third-order valence-electron chi connectivity index (χ3n) is 3.00. The topological polar surface area (TPSA) is 58.4 Å². The van der Waals surface area contributed by atoms with Crippen LogP contribution in [0.15, 0.2) is 54.6 Å². The molecule has 1 amide bonds. The van der Waals surface area contributed by atoms with Gasteiger partial charge in [-0.25, -0.2) is 5.84 Å². The van der Waals surface area contributed by atoms with Crippen LogP contribution in [0.4, 0.5) is 0 Å². The van der Waals surface area contributed by atoms with Crippen LogP contribution in [0.1, 0.15) is 21.5 Å². The molecule has 0 radical (unpaired) electrons. The zero-order valence-corrected chi connectivity index (χ0v) is 11.5. The Morgan fingerprint density at radius 2 is 1.70 bits per heavy atom. The van der Waals surface area contributed by atoms with Gasteiger partial charge in [-0.2, -0.15) is 0 Å². The first-order chi connectivity index (χ1) is 9.66. The summed E-state index contributed by atoms with van der Waals surface area (Å²) in [5.74, 6) is 5.28. The van der Waals surface area contributed by atoms with Crippen molar-refractivity contribution in [2.75, 3.05) is 7.05 Å². The van der Waals surface area contributed by atoms with Gasteiger partial charge in [0.1, 0.15) is 0 Å². The molecule has 4 heteroatoms. The van der Waals surface area contributed by atoms with Gasteiger partial charge in [0.15, 0.2) is 0 Å². The number of amides is 1. The number of nitrogens with zero attached hydrogens (tertiary/aromatic N) is 1. The van der Waals surface area contributed by atoms with Crippen LogP contribution >= 0.6 is 0 Å². The largest absolute Gasteiger partial charge is 0.309 e. The van der Waals surface area contributed by atoms with Crippen LogP contribution in [0.5, 0.6) is 0 Å². The Morgan fingerprint density at radius 1 is 1.05 bits per heavy atom. The summed E-state index contributed by atoms with van der Waals surface area (Å²) in [5.41, 5.74) is 2.91. The summed E-state index contributed by atoms with van der Waals surface area (Å²) < 4.78 is 0. The lowest BCUT2D eigenvalue weighted by molar-refractivity contribution is 0.0795. The molecule has 0 aliphatic heterocycles. The van der Waals surface area contributed by atoms with Gasteiger partial charge in [0, 0.05) is 25.7 Å². The molecule has 2 aromatic carbocycles. The Labute approximate surface area is 119 Å². The minimum Gasteiger partial charge on any atom is -0.309 e. The van der Waals surface area contributed by atoms with Crippen molar-refractivity contribution in [1.29, 1.82) is 0 Å². The smallest absolute Gasteiger partial charge is 0.267 e. The molecular formula is C16H19N3O. The van der Waals surface area contributed by atoms with Gasteiger partial charge in [-0.3, -0.25) is 9.80 Å². The highest BCUT2D eigenvalue weighted by molar-refractivity contribution is 5.93. The van der Waals surface area contributed by atoms with Crippen molar-refractivity contribution in [3.8, 4) is 0 Å². The van der Waals surface area contributed by atoms with Crippen molar-refractivity contribution >= 4 is 5.91 Å². The van der Waals surface area contributed by atoms with Crippen LogP contribution in [0.2, 0.25) is 0 Å². The maximum atomic E-state index is 11.8. The molecule has 0 unspecified atom stereocenters. The molecule has 0 aliphatic rings. The normalized spacial score (nSPS) is 10.3.